The van der Waals surface area contributed by atoms with Gasteiger partial charge in [0.1, 0.15) is 0 Å². The normalized spacial score (nSPS) is 19.3. The van der Waals surface area contributed by atoms with E-state index >= 15 is 0 Å². The van der Waals surface area contributed by atoms with Gasteiger partial charge in [-0.15, -0.1) is 0 Å². The molecular formula is C17H11F3N4. The maximum absolute atomic E-state index is 13.3. The molecule has 1 aliphatic carbocycles. The molecule has 24 heavy (non-hydrogen) atoms. The summed E-state index contributed by atoms with van der Waals surface area (Å²) in [6.07, 6.45) is 7.26. The summed E-state index contributed by atoms with van der Waals surface area (Å²) < 4.78 is 39.7. The fourth-order valence-electron chi connectivity index (χ4n) is 2.78. The van der Waals surface area contributed by atoms with Gasteiger partial charge in [-0.1, -0.05) is 0 Å². The molecule has 0 aliphatic heterocycles. The molecule has 0 bridgehead atoms. The van der Waals surface area contributed by atoms with Crippen molar-refractivity contribution in [2.75, 3.05) is 0 Å². The lowest BCUT2D eigenvalue weighted by molar-refractivity contribution is 0.445. The van der Waals surface area contributed by atoms with Crippen LogP contribution in [0.1, 0.15) is 29.4 Å². The first kappa shape index (κ1) is 14.7. The molecule has 1 aliphatic rings. The molecule has 2 aromatic heterocycles. The SMILES string of the molecule is Fc1cc([C@@H]2C[C@H]2c2cnc(-c3ncccn3)nc2)cc(F)c1F. The monoisotopic (exact) mass is 328 g/mol. The number of halogens is 3. The van der Waals surface area contributed by atoms with Crippen LogP contribution in [0.2, 0.25) is 0 Å². The summed E-state index contributed by atoms with van der Waals surface area (Å²) in [7, 11) is 0. The van der Waals surface area contributed by atoms with Crippen molar-refractivity contribution in [1.29, 1.82) is 0 Å². The summed E-state index contributed by atoms with van der Waals surface area (Å²) in [6.45, 7) is 0. The zero-order chi connectivity index (χ0) is 16.7. The highest BCUT2D eigenvalue weighted by Crippen LogP contribution is 2.54. The molecule has 3 aromatic rings. The minimum absolute atomic E-state index is 0.0583. The second kappa shape index (κ2) is 5.67. The van der Waals surface area contributed by atoms with E-state index in [4.69, 9.17) is 0 Å². The number of benzene rings is 1. The van der Waals surface area contributed by atoms with Crippen molar-refractivity contribution < 1.29 is 13.2 Å². The van der Waals surface area contributed by atoms with Gasteiger partial charge in [-0.05, 0) is 47.6 Å². The smallest absolute Gasteiger partial charge is 0.197 e. The second-order valence-electron chi connectivity index (χ2n) is 5.66. The Morgan fingerprint density at radius 1 is 0.750 bits per heavy atom. The number of hydrogen-bond donors (Lipinski definition) is 0. The predicted octanol–water partition coefficient (Wildman–Crippen LogP) is 3.62. The Hall–Kier alpha value is -2.83. The average molecular weight is 328 g/mol. The lowest BCUT2D eigenvalue weighted by Gasteiger charge is -2.04. The summed E-state index contributed by atoms with van der Waals surface area (Å²) in [5, 5.41) is 0. The van der Waals surface area contributed by atoms with E-state index in [1.54, 1.807) is 30.9 Å². The van der Waals surface area contributed by atoms with E-state index < -0.39 is 17.5 Å². The number of rotatable bonds is 3. The summed E-state index contributed by atoms with van der Waals surface area (Å²) >= 11 is 0. The molecule has 1 aromatic carbocycles. The Bertz CT molecular complexity index is 861. The van der Waals surface area contributed by atoms with Crippen LogP contribution in [-0.2, 0) is 0 Å². The summed E-state index contributed by atoms with van der Waals surface area (Å²) in [5.74, 6) is -2.91. The summed E-state index contributed by atoms with van der Waals surface area (Å²) in [6, 6.07) is 3.81. The van der Waals surface area contributed by atoms with Crippen LogP contribution in [0.5, 0.6) is 0 Å². The Morgan fingerprint density at radius 3 is 1.92 bits per heavy atom. The van der Waals surface area contributed by atoms with E-state index in [9.17, 15) is 13.2 Å². The van der Waals surface area contributed by atoms with Crippen molar-refractivity contribution in [1.82, 2.24) is 19.9 Å². The molecule has 0 saturated heterocycles. The lowest BCUT2D eigenvalue weighted by atomic mass is 10.1. The Morgan fingerprint density at radius 2 is 1.29 bits per heavy atom. The molecule has 0 unspecified atom stereocenters. The highest BCUT2D eigenvalue weighted by Gasteiger charge is 2.40. The van der Waals surface area contributed by atoms with E-state index in [0.717, 1.165) is 24.1 Å². The third-order valence-electron chi connectivity index (χ3n) is 4.09. The highest BCUT2D eigenvalue weighted by atomic mass is 19.2. The maximum Gasteiger partial charge on any atom is 0.197 e. The van der Waals surface area contributed by atoms with E-state index in [-0.39, 0.29) is 11.8 Å². The van der Waals surface area contributed by atoms with Crippen molar-refractivity contribution in [2.45, 2.75) is 18.3 Å². The van der Waals surface area contributed by atoms with Crippen LogP contribution in [0, 0.1) is 17.5 Å². The van der Waals surface area contributed by atoms with Crippen LogP contribution in [0.3, 0.4) is 0 Å². The van der Waals surface area contributed by atoms with Gasteiger partial charge in [-0.3, -0.25) is 0 Å². The Balaban J connectivity index is 1.54. The molecule has 2 atom stereocenters. The van der Waals surface area contributed by atoms with Gasteiger partial charge in [-0.2, -0.15) is 0 Å². The van der Waals surface area contributed by atoms with Crippen molar-refractivity contribution in [2.24, 2.45) is 0 Å². The number of aromatic nitrogens is 4. The van der Waals surface area contributed by atoms with E-state index in [0.29, 0.717) is 17.2 Å². The van der Waals surface area contributed by atoms with Gasteiger partial charge in [0.05, 0.1) is 0 Å². The van der Waals surface area contributed by atoms with Gasteiger partial charge in [0.25, 0.3) is 0 Å². The molecule has 0 amide bonds. The van der Waals surface area contributed by atoms with Gasteiger partial charge >= 0.3 is 0 Å². The molecular weight excluding hydrogens is 317 g/mol. The molecule has 1 fully saturated rings. The maximum atomic E-state index is 13.3. The fourth-order valence-corrected chi connectivity index (χ4v) is 2.78. The molecule has 1 saturated carbocycles. The van der Waals surface area contributed by atoms with Crippen molar-refractivity contribution in [3.63, 3.8) is 0 Å². The Kier molecular flexibility index (Phi) is 3.48. The molecule has 0 N–H and O–H groups in total. The van der Waals surface area contributed by atoms with Crippen LogP contribution in [-0.4, -0.2) is 19.9 Å². The summed E-state index contributed by atoms with van der Waals surface area (Å²) in [4.78, 5) is 16.6. The second-order valence-corrected chi connectivity index (χ2v) is 5.66. The van der Waals surface area contributed by atoms with Crippen molar-refractivity contribution in [3.8, 4) is 11.6 Å². The number of nitrogens with zero attached hydrogens (tertiary/aromatic N) is 4. The standard InChI is InChI=1S/C17H11F3N4/c18-13-4-9(5-14(19)15(13)20)11-6-12(11)10-7-23-17(24-8-10)16-21-2-1-3-22-16/h1-5,7-8,11-12H,6H2/t11-,12-/m0/s1. The first-order valence-electron chi connectivity index (χ1n) is 7.37. The third kappa shape index (κ3) is 2.62. The van der Waals surface area contributed by atoms with Gasteiger partial charge < -0.3 is 0 Å². The summed E-state index contributed by atoms with van der Waals surface area (Å²) in [5.41, 5.74) is 1.32. The third-order valence-corrected chi connectivity index (χ3v) is 4.09. The molecule has 120 valence electrons. The van der Waals surface area contributed by atoms with Gasteiger partial charge in [0, 0.05) is 24.8 Å². The predicted molar refractivity (Wildman–Crippen MR) is 79.5 cm³/mol. The molecule has 0 radical (unpaired) electrons. The zero-order valence-corrected chi connectivity index (χ0v) is 12.3. The molecule has 7 heteroatoms. The van der Waals surface area contributed by atoms with Gasteiger partial charge in [-0.25, -0.2) is 33.1 Å². The molecule has 4 rings (SSSR count). The van der Waals surface area contributed by atoms with Crippen LogP contribution < -0.4 is 0 Å². The first-order chi connectivity index (χ1) is 11.6. The van der Waals surface area contributed by atoms with Gasteiger partial charge in [0.15, 0.2) is 29.1 Å². The highest BCUT2D eigenvalue weighted by molar-refractivity contribution is 5.43. The van der Waals surface area contributed by atoms with Gasteiger partial charge in [0.2, 0.25) is 0 Å². The van der Waals surface area contributed by atoms with E-state index in [1.165, 1.54) is 0 Å². The lowest BCUT2D eigenvalue weighted by Crippen LogP contribution is -1.97. The van der Waals surface area contributed by atoms with E-state index in [2.05, 4.69) is 19.9 Å². The number of hydrogen-bond acceptors (Lipinski definition) is 4. The largest absolute Gasteiger partial charge is 0.234 e. The Labute approximate surface area is 135 Å². The van der Waals surface area contributed by atoms with Crippen LogP contribution in [0.15, 0.2) is 43.0 Å². The van der Waals surface area contributed by atoms with Crippen molar-refractivity contribution in [3.05, 3.63) is 71.6 Å². The molecule has 0 spiro atoms. The van der Waals surface area contributed by atoms with Crippen molar-refractivity contribution >= 4 is 0 Å². The van der Waals surface area contributed by atoms with Crippen LogP contribution in [0.25, 0.3) is 11.6 Å². The zero-order valence-electron chi connectivity index (χ0n) is 12.3. The van der Waals surface area contributed by atoms with E-state index in [1.807, 2.05) is 0 Å². The minimum atomic E-state index is -1.44. The van der Waals surface area contributed by atoms with Crippen LogP contribution >= 0.6 is 0 Å². The quantitative estimate of drug-likeness (QED) is 0.689. The topological polar surface area (TPSA) is 51.6 Å². The average Bonchev–Trinajstić information content (AvgIpc) is 3.41. The first-order valence-corrected chi connectivity index (χ1v) is 7.37. The molecule has 4 nitrogen and oxygen atoms in total. The van der Waals surface area contributed by atoms with Crippen LogP contribution in [0.4, 0.5) is 13.2 Å². The molecule has 2 heterocycles. The minimum Gasteiger partial charge on any atom is -0.234 e. The fraction of sp³-hybridized carbons (Fsp3) is 0.176.